The van der Waals surface area contributed by atoms with Gasteiger partial charge in [-0.25, -0.2) is 9.18 Å². The van der Waals surface area contributed by atoms with E-state index in [1.807, 2.05) is 0 Å². The first kappa shape index (κ1) is 23.6. The minimum atomic E-state index is -1.23. The fourth-order valence-corrected chi connectivity index (χ4v) is 3.14. The van der Waals surface area contributed by atoms with Crippen LogP contribution >= 0.6 is 11.6 Å². The fraction of sp³-hybridized carbons (Fsp3) is 0.0870. The van der Waals surface area contributed by atoms with Gasteiger partial charge in [0.1, 0.15) is 5.84 Å². The van der Waals surface area contributed by atoms with Gasteiger partial charge < -0.3 is 26.2 Å². The molecule has 0 saturated heterocycles. The second-order valence-electron chi connectivity index (χ2n) is 6.90. The number of aliphatic carboxylic acids is 1. The van der Waals surface area contributed by atoms with E-state index < -0.39 is 24.3 Å². The van der Waals surface area contributed by atoms with Crippen molar-refractivity contribution in [3.05, 3.63) is 88.2 Å². The Morgan fingerprint density at radius 1 is 1.12 bits per heavy atom. The monoisotopic (exact) mass is 470 g/mol. The Hall–Kier alpha value is -4.11. The summed E-state index contributed by atoms with van der Waals surface area (Å²) in [6.07, 6.45) is 0. The predicted molar refractivity (Wildman–Crippen MR) is 124 cm³/mol. The molecule has 0 aliphatic heterocycles. The van der Waals surface area contributed by atoms with Gasteiger partial charge in [0.25, 0.3) is 5.91 Å². The molecule has 3 aromatic carbocycles. The normalized spacial score (nSPS) is 10.4. The van der Waals surface area contributed by atoms with E-state index >= 15 is 0 Å². The molecule has 6 N–H and O–H groups in total. The van der Waals surface area contributed by atoms with Crippen molar-refractivity contribution in [1.29, 1.82) is 5.41 Å². The third kappa shape index (κ3) is 6.20. The minimum Gasteiger partial charge on any atom is -0.479 e. The number of nitrogen functional groups attached to an aromatic ring is 1. The first-order valence-electron chi connectivity index (χ1n) is 9.66. The molecule has 10 heteroatoms. The highest BCUT2D eigenvalue weighted by Crippen LogP contribution is 2.26. The van der Waals surface area contributed by atoms with Crippen LogP contribution in [0.3, 0.4) is 0 Å². The zero-order valence-electron chi connectivity index (χ0n) is 17.2. The van der Waals surface area contributed by atoms with Gasteiger partial charge in [-0.1, -0.05) is 23.7 Å². The average molecular weight is 471 g/mol. The van der Waals surface area contributed by atoms with E-state index in [4.69, 9.17) is 32.6 Å². The summed E-state index contributed by atoms with van der Waals surface area (Å²) < 4.78 is 19.2. The summed E-state index contributed by atoms with van der Waals surface area (Å²) in [5.41, 5.74) is 7.49. The number of rotatable bonds is 9. The Balaban J connectivity index is 1.79. The second-order valence-corrected chi connectivity index (χ2v) is 7.34. The molecule has 0 saturated carbocycles. The number of nitrogens with one attached hydrogen (secondary N) is 3. The molecule has 0 aromatic heterocycles. The van der Waals surface area contributed by atoms with Crippen LogP contribution in [0.5, 0.6) is 5.75 Å². The molecule has 0 heterocycles. The Bertz CT molecular complexity index is 1200. The lowest BCUT2D eigenvalue weighted by molar-refractivity contribution is -0.139. The van der Waals surface area contributed by atoms with Crippen LogP contribution in [-0.2, 0) is 11.3 Å². The SMILES string of the molecule is N=C(N)c1ccc(NC(=O)c2cc(Cl)ccc2NCc2cccc(F)c2OCC(=O)O)cc1. The Morgan fingerprint density at radius 3 is 2.52 bits per heavy atom. The first-order chi connectivity index (χ1) is 15.7. The Kier molecular flexibility index (Phi) is 7.47. The van der Waals surface area contributed by atoms with Crippen molar-refractivity contribution in [2.45, 2.75) is 6.54 Å². The molecular weight excluding hydrogens is 451 g/mol. The van der Waals surface area contributed by atoms with Crippen molar-refractivity contribution in [2.24, 2.45) is 5.73 Å². The lowest BCUT2D eigenvalue weighted by atomic mass is 10.1. The molecule has 0 spiro atoms. The highest BCUT2D eigenvalue weighted by atomic mass is 35.5. The maximum Gasteiger partial charge on any atom is 0.341 e. The number of hydrogen-bond donors (Lipinski definition) is 5. The maximum atomic E-state index is 14.2. The van der Waals surface area contributed by atoms with Gasteiger partial charge in [0.05, 0.1) is 5.56 Å². The zero-order valence-corrected chi connectivity index (χ0v) is 17.9. The van der Waals surface area contributed by atoms with Crippen molar-refractivity contribution in [2.75, 3.05) is 17.2 Å². The summed E-state index contributed by atoms with van der Waals surface area (Å²) in [6, 6.07) is 15.4. The van der Waals surface area contributed by atoms with Crippen molar-refractivity contribution < 1.29 is 23.8 Å². The summed E-state index contributed by atoms with van der Waals surface area (Å²) in [7, 11) is 0. The van der Waals surface area contributed by atoms with Gasteiger partial charge in [-0.3, -0.25) is 10.2 Å². The summed E-state index contributed by atoms with van der Waals surface area (Å²) >= 11 is 6.08. The third-order valence-electron chi connectivity index (χ3n) is 4.54. The number of amides is 1. The molecule has 0 bridgehead atoms. The summed E-state index contributed by atoms with van der Waals surface area (Å²) in [5.74, 6) is -2.64. The summed E-state index contributed by atoms with van der Waals surface area (Å²) in [6.45, 7) is -0.632. The number of benzene rings is 3. The van der Waals surface area contributed by atoms with Crippen LogP contribution in [0.15, 0.2) is 60.7 Å². The second kappa shape index (κ2) is 10.5. The topological polar surface area (TPSA) is 138 Å². The molecule has 3 rings (SSSR count). The van der Waals surface area contributed by atoms with Crippen LogP contribution in [0, 0.1) is 11.2 Å². The number of carboxylic acid groups (broad SMARTS) is 1. The molecular formula is C23H20ClFN4O4. The van der Waals surface area contributed by atoms with Gasteiger partial charge in [-0.05, 0) is 48.5 Å². The number of ether oxygens (including phenoxy) is 1. The van der Waals surface area contributed by atoms with Crippen LogP contribution in [0.1, 0.15) is 21.5 Å². The predicted octanol–water partition coefficient (Wildman–Crippen LogP) is 4.09. The molecule has 0 fully saturated rings. The van der Waals surface area contributed by atoms with Gasteiger partial charge >= 0.3 is 5.97 Å². The van der Waals surface area contributed by atoms with E-state index in [1.54, 1.807) is 42.5 Å². The van der Waals surface area contributed by atoms with Gasteiger partial charge in [0.2, 0.25) is 0 Å². The van der Waals surface area contributed by atoms with Gasteiger partial charge in [0.15, 0.2) is 18.2 Å². The number of carbonyl (C=O) groups excluding carboxylic acids is 1. The smallest absolute Gasteiger partial charge is 0.341 e. The van der Waals surface area contributed by atoms with E-state index in [2.05, 4.69) is 10.6 Å². The number of nitrogens with two attached hydrogens (primary N) is 1. The molecule has 0 atom stereocenters. The Labute approximate surface area is 193 Å². The first-order valence-corrected chi connectivity index (χ1v) is 10.0. The molecule has 3 aromatic rings. The fourth-order valence-electron chi connectivity index (χ4n) is 2.97. The number of halogens is 2. The number of para-hydroxylation sites is 1. The quantitative estimate of drug-likeness (QED) is 0.236. The highest BCUT2D eigenvalue weighted by molar-refractivity contribution is 6.31. The maximum absolute atomic E-state index is 14.2. The van der Waals surface area contributed by atoms with Crippen LogP contribution in [-0.4, -0.2) is 29.4 Å². The summed E-state index contributed by atoms with van der Waals surface area (Å²) in [5, 5.41) is 22.4. The zero-order chi connectivity index (χ0) is 24.0. The van der Waals surface area contributed by atoms with Gasteiger partial charge in [-0.2, -0.15) is 0 Å². The number of hydrogen-bond acceptors (Lipinski definition) is 5. The van der Waals surface area contributed by atoms with E-state index in [0.29, 0.717) is 27.5 Å². The van der Waals surface area contributed by atoms with E-state index in [-0.39, 0.29) is 23.7 Å². The largest absolute Gasteiger partial charge is 0.479 e. The van der Waals surface area contributed by atoms with Crippen molar-refractivity contribution in [3.8, 4) is 5.75 Å². The van der Waals surface area contributed by atoms with Crippen LogP contribution < -0.4 is 21.1 Å². The molecule has 0 aliphatic carbocycles. The molecule has 0 unspecified atom stereocenters. The molecule has 0 radical (unpaired) electrons. The third-order valence-corrected chi connectivity index (χ3v) is 4.77. The number of carboxylic acids is 1. The van der Waals surface area contributed by atoms with Gasteiger partial charge in [-0.15, -0.1) is 0 Å². The molecule has 0 aliphatic rings. The Morgan fingerprint density at radius 2 is 1.85 bits per heavy atom. The average Bonchev–Trinajstić information content (AvgIpc) is 2.77. The number of anilines is 2. The van der Waals surface area contributed by atoms with Crippen molar-refractivity contribution in [3.63, 3.8) is 0 Å². The standard InChI is InChI=1S/C23H20ClFN4O4/c24-15-6-9-19(28-11-14-2-1-3-18(25)21(14)33-12-20(30)31)17(10-15)23(32)29-16-7-4-13(5-8-16)22(26)27/h1-10,28H,11-12H2,(H3,26,27)(H,29,32)(H,30,31). The van der Waals surface area contributed by atoms with Crippen molar-refractivity contribution >= 4 is 40.7 Å². The molecule has 33 heavy (non-hydrogen) atoms. The van der Waals surface area contributed by atoms with Crippen LogP contribution in [0.2, 0.25) is 5.02 Å². The molecule has 1 amide bonds. The van der Waals surface area contributed by atoms with Crippen molar-refractivity contribution in [1.82, 2.24) is 0 Å². The molecule has 170 valence electrons. The number of carbonyl (C=O) groups is 2. The van der Waals surface area contributed by atoms with E-state index in [1.165, 1.54) is 18.2 Å². The van der Waals surface area contributed by atoms with E-state index in [9.17, 15) is 14.0 Å². The number of amidine groups is 1. The summed E-state index contributed by atoms with van der Waals surface area (Å²) in [4.78, 5) is 23.7. The highest BCUT2D eigenvalue weighted by Gasteiger charge is 2.15. The van der Waals surface area contributed by atoms with Crippen LogP contribution in [0.4, 0.5) is 15.8 Å². The van der Waals surface area contributed by atoms with Gasteiger partial charge in [0, 0.05) is 34.1 Å². The van der Waals surface area contributed by atoms with E-state index in [0.717, 1.165) is 0 Å². The van der Waals surface area contributed by atoms with Crippen LogP contribution in [0.25, 0.3) is 0 Å². The lowest BCUT2D eigenvalue weighted by Gasteiger charge is -2.15. The minimum absolute atomic E-state index is 0.0575. The molecule has 8 nitrogen and oxygen atoms in total. The lowest BCUT2D eigenvalue weighted by Crippen LogP contribution is -2.16.